The topological polar surface area (TPSA) is 62.2 Å². The van der Waals surface area contributed by atoms with Gasteiger partial charge in [0.1, 0.15) is 17.8 Å². The normalized spacial score (nSPS) is 20.6. The van der Waals surface area contributed by atoms with Crippen molar-refractivity contribution >= 4 is 0 Å². The first-order valence-electron chi connectivity index (χ1n) is 6.23. The molecular weight excluding hydrogens is 232 g/mol. The fourth-order valence-corrected chi connectivity index (χ4v) is 2.17. The van der Waals surface area contributed by atoms with Crippen molar-refractivity contribution < 1.29 is 19.7 Å². The van der Waals surface area contributed by atoms with Crippen molar-refractivity contribution in [3.8, 4) is 0 Å². The second kappa shape index (κ2) is 6.48. The Morgan fingerprint density at radius 2 is 1.89 bits per heavy atom. The minimum absolute atomic E-state index is 0.0248. The summed E-state index contributed by atoms with van der Waals surface area (Å²) >= 11 is 0. The van der Waals surface area contributed by atoms with E-state index in [1.807, 2.05) is 13.8 Å². The van der Waals surface area contributed by atoms with Gasteiger partial charge in [-0.1, -0.05) is 11.1 Å². The molecule has 1 rings (SSSR count). The number of hydrogen-bond acceptors (Lipinski definition) is 4. The summed E-state index contributed by atoms with van der Waals surface area (Å²) in [6.45, 7) is 12.2. The van der Waals surface area contributed by atoms with Crippen LogP contribution in [0.3, 0.4) is 0 Å². The molecule has 1 fully saturated rings. The average molecular weight is 256 g/mol. The van der Waals surface area contributed by atoms with Crippen molar-refractivity contribution in [2.45, 2.75) is 44.5 Å². The van der Waals surface area contributed by atoms with Crippen LogP contribution >= 0.6 is 0 Å². The molecule has 0 radical (unpaired) electrons. The van der Waals surface area contributed by atoms with Gasteiger partial charge in [-0.3, -0.25) is 0 Å². The van der Waals surface area contributed by atoms with Crippen LogP contribution in [-0.4, -0.2) is 47.8 Å². The minimum Gasteiger partial charge on any atom is -0.394 e. The van der Waals surface area contributed by atoms with E-state index >= 15 is 0 Å². The fourth-order valence-electron chi connectivity index (χ4n) is 2.17. The number of rotatable bonds is 9. The molecule has 0 aliphatic carbocycles. The van der Waals surface area contributed by atoms with Crippen LogP contribution in [0.4, 0.5) is 0 Å². The molecule has 1 heterocycles. The molecule has 2 unspecified atom stereocenters. The van der Waals surface area contributed by atoms with E-state index in [1.54, 1.807) is 0 Å². The van der Waals surface area contributed by atoms with Crippen LogP contribution in [0.2, 0.25) is 0 Å². The molecule has 2 N–H and O–H groups in total. The van der Waals surface area contributed by atoms with Gasteiger partial charge in [-0.15, -0.1) is 13.2 Å². The Kier molecular flexibility index (Phi) is 5.53. The Morgan fingerprint density at radius 3 is 2.22 bits per heavy atom. The SMILES string of the molecule is C=C(C)CC(CC(=C)C)(OCC(O)CO)C1CO1. The zero-order valence-corrected chi connectivity index (χ0v) is 11.3. The first-order chi connectivity index (χ1) is 8.39. The van der Waals surface area contributed by atoms with E-state index in [2.05, 4.69) is 13.2 Å². The molecule has 1 aliphatic heterocycles. The minimum atomic E-state index is -0.863. The lowest BCUT2D eigenvalue weighted by atomic mass is 9.86. The van der Waals surface area contributed by atoms with Crippen LogP contribution in [0.15, 0.2) is 24.3 Å². The number of hydrogen-bond donors (Lipinski definition) is 2. The Balaban J connectivity index is 2.75. The molecule has 104 valence electrons. The largest absolute Gasteiger partial charge is 0.394 e. The van der Waals surface area contributed by atoms with Crippen molar-refractivity contribution in [2.24, 2.45) is 0 Å². The molecule has 18 heavy (non-hydrogen) atoms. The molecule has 0 saturated carbocycles. The third-order valence-electron chi connectivity index (χ3n) is 2.90. The highest BCUT2D eigenvalue weighted by Gasteiger charge is 2.48. The quantitative estimate of drug-likeness (QED) is 0.484. The molecule has 0 amide bonds. The highest BCUT2D eigenvalue weighted by molar-refractivity contribution is 5.11. The molecule has 0 aromatic rings. The number of aliphatic hydroxyl groups excluding tert-OH is 2. The molecule has 4 nitrogen and oxygen atoms in total. The predicted octanol–water partition coefficient (Wildman–Crippen LogP) is 1.43. The second-order valence-electron chi connectivity index (χ2n) is 5.30. The lowest BCUT2D eigenvalue weighted by molar-refractivity contribution is -0.100. The van der Waals surface area contributed by atoms with E-state index in [4.69, 9.17) is 14.6 Å². The third-order valence-corrected chi connectivity index (χ3v) is 2.90. The van der Waals surface area contributed by atoms with Gasteiger partial charge in [0, 0.05) is 0 Å². The predicted molar refractivity (Wildman–Crippen MR) is 70.4 cm³/mol. The lowest BCUT2D eigenvalue weighted by Gasteiger charge is -2.34. The number of ether oxygens (including phenoxy) is 2. The molecule has 1 aliphatic rings. The van der Waals surface area contributed by atoms with E-state index in [0.29, 0.717) is 19.4 Å². The maximum absolute atomic E-state index is 9.43. The summed E-state index contributed by atoms with van der Waals surface area (Å²) in [5, 5.41) is 18.3. The van der Waals surface area contributed by atoms with E-state index in [-0.39, 0.29) is 19.3 Å². The van der Waals surface area contributed by atoms with Gasteiger partial charge in [-0.2, -0.15) is 0 Å². The van der Waals surface area contributed by atoms with Gasteiger partial charge in [0.05, 0.1) is 19.8 Å². The molecule has 0 bridgehead atoms. The van der Waals surface area contributed by atoms with Gasteiger partial charge in [0.15, 0.2) is 0 Å². The van der Waals surface area contributed by atoms with Crippen LogP contribution in [-0.2, 0) is 9.47 Å². The Labute approximate surface area is 109 Å². The molecule has 0 spiro atoms. The van der Waals surface area contributed by atoms with Gasteiger partial charge in [-0.05, 0) is 26.7 Å². The highest BCUT2D eigenvalue weighted by atomic mass is 16.6. The molecule has 1 saturated heterocycles. The van der Waals surface area contributed by atoms with Crippen LogP contribution in [0.5, 0.6) is 0 Å². The fraction of sp³-hybridized carbons (Fsp3) is 0.714. The monoisotopic (exact) mass is 256 g/mol. The zero-order chi connectivity index (χ0) is 13.8. The summed E-state index contributed by atoms with van der Waals surface area (Å²) < 4.78 is 11.3. The Morgan fingerprint density at radius 1 is 1.39 bits per heavy atom. The van der Waals surface area contributed by atoms with Crippen LogP contribution in [0.25, 0.3) is 0 Å². The second-order valence-corrected chi connectivity index (χ2v) is 5.30. The lowest BCUT2D eigenvalue weighted by Crippen LogP contribution is -2.42. The molecule has 0 aromatic heterocycles. The maximum Gasteiger partial charge on any atom is 0.110 e. The highest BCUT2D eigenvalue weighted by Crippen LogP contribution is 2.38. The van der Waals surface area contributed by atoms with Gasteiger partial charge >= 0.3 is 0 Å². The summed E-state index contributed by atoms with van der Waals surface area (Å²) in [4.78, 5) is 0. The van der Waals surface area contributed by atoms with Gasteiger partial charge in [0.2, 0.25) is 0 Å². The van der Waals surface area contributed by atoms with E-state index < -0.39 is 11.7 Å². The summed E-state index contributed by atoms with van der Waals surface area (Å²) in [5.74, 6) is 0. The van der Waals surface area contributed by atoms with Crippen molar-refractivity contribution in [1.82, 2.24) is 0 Å². The average Bonchev–Trinajstić information content (AvgIpc) is 3.07. The van der Waals surface area contributed by atoms with Crippen LogP contribution < -0.4 is 0 Å². The van der Waals surface area contributed by atoms with Gasteiger partial charge < -0.3 is 19.7 Å². The van der Waals surface area contributed by atoms with E-state index in [9.17, 15) is 5.11 Å². The molecule has 2 atom stereocenters. The van der Waals surface area contributed by atoms with Crippen molar-refractivity contribution in [2.75, 3.05) is 19.8 Å². The Bertz CT molecular complexity index is 291. The number of epoxide rings is 1. The van der Waals surface area contributed by atoms with Crippen molar-refractivity contribution in [3.05, 3.63) is 24.3 Å². The van der Waals surface area contributed by atoms with Crippen LogP contribution in [0.1, 0.15) is 26.7 Å². The van der Waals surface area contributed by atoms with E-state index in [1.165, 1.54) is 0 Å². The molecule has 4 heteroatoms. The Hall–Kier alpha value is -0.680. The maximum atomic E-state index is 9.43. The third kappa shape index (κ3) is 4.53. The number of aliphatic hydroxyl groups is 2. The first-order valence-corrected chi connectivity index (χ1v) is 6.23. The smallest absolute Gasteiger partial charge is 0.110 e. The van der Waals surface area contributed by atoms with Crippen molar-refractivity contribution in [3.63, 3.8) is 0 Å². The van der Waals surface area contributed by atoms with Gasteiger partial charge in [-0.25, -0.2) is 0 Å². The van der Waals surface area contributed by atoms with Gasteiger partial charge in [0.25, 0.3) is 0 Å². The van der Waals surface area contributed by atoms with E-state index in [0.717, 1.165) is 11.1 Å². The van der Waals surface area contributed by atoms with Crippen molar-refractivity contribution in [1.29, 1.82) is 0 Å². The first kappa shape index (κ1) is 15.4. The molecule has 0 aromatic carbocycles. The van der Waals surface area contributed by atoms with Crippen LogP contribution in [0, 0.1) is 0 Å². The summed E-state index contributed by atoms with van der Waals surface area (Å²) in [5.41, 5.74) is 1.50. The summed E-state index contributed by atoms with van der Waals surface area (Å²) in [7, 11) is 0. The standard InChI is InChI=1S/C14H24O4/c1-10(2)5-14(6-11(3)4,13-9-17-13)18-8-12(16)7-15/h12-13,15-16H,1,3,5-9H2,2,4H3. The summed E-state index contributed by atoms with van der Waals surface area (Å²) in [6.07, 6.45) is 0.501. The molecular formula is C14H24O4. The summed E-state index contributed by atoms with van der Waals surface area (Å²) in [6, 6.07) is 0. The zero-order valence-electron chi connectivity index (χ0n) is 11.3.